The van der Waals surface area contributed by atoms with Crippen LogP contribution in [-0.2, 0) is 6.54 Å². The Morgan fingerprint density at radius 2 is 2.19 bits per heavy atom. The van der Waals surface area contributed by atoms with Crippen LogP contribution in [0.15, 0.2) is 30.6 Å². The van der Waals surface area contributed by atoms with Crippen molar-refractivity contribution >= 4 is 28.5 Å². The van der Waals surface area contributed by atoms with Gasteiger partial charge in [-0.1, -0.05) is 23.7 Å². The molecule has 0 radical (unpaired) electrons. The lowest BCUT2D eigenvalue weighted by atomic mass is 10.2. The molecule has 0 aliphatic rings. The van der Waals surface area contributed by atoms with Crippen LogP contribution in [0.5, 0.6) is 0 Å². The van der Waals surface area contributed by atoms with E-state index in [0.717, 1.165) is 0 Å². The molecule has 9 heteroatoms. The predicted molar refractivity (Wildman–Crippen MR) is 72.5 cm³/mol. The summed E-state index contributed by atoms with van der Waals surface area (Å²) in [6.45, 7) is 0.255. The number of nitro groups is 1. The maximum atomic E-state index is 13.2. The van der Waals surface area contributed by atoms with Gasteiger partial charge in [0.1, 0.15) is 5.52 Å². The Bertz CT molecular complexity index is 851. The number of nitrogens with zero attached hydrogens (tertiary/aromatic N) is 5. The third kappa shape index (κ3) is 2.52. The summed E-state index contributed by atoms with van der Waals surface area (Å²) in [6, 6.07) is 6.13. The number of non-ortho nitro benzene ring substituents is 1. The monoisotopic (exact) mass is 307 g/mol. The molecule has 21 heavy (non-hydrogen) atoms. The average molecular weight is 308 g/mol. The van der Waals surface area contributed by atoms with E-state index < -0.39 is 11.0 Å². The smallest absolute Gasteiger partial charge is 0.311 e. The fraction of sp³-hybridized carbons (Fsp3) is 0.0833. The van der Waals surface area contributed by atoms with E-state index in [9.17, 15) is 14.5 Å². The zero-order chi connectivity index (χ0) is 15.0. The normalized spacial score (nSPS) is 11.0. The van der Waals surface area contributed by atoms with E-state index in [-0.39, 0.29) is 28.5 Å². The van der Waals surface area contributed by atoms with Crippen molar-refractivity contribution in [3.05, 3.63) is 57.5 Å². The highest BCUT2D eigenvalue weighted by molar-refractivity contribution is 6.33. The highest BCUT2D eigenvalue weighted by Crippen LogP contribution is 2.20. The van der Waals surface area contributed by atoms with Gasteiger partial charge in [-0.05, 0) is 5.56 Å². The van der Waals surface area contributed by atoms with Gasteiger partial charge >= 0.3 is 6.08 Å². The van der Waals surface area contributed by atoms with E-state index in [0.29, 0.717) is 5.56 Å². The van der Waals surface area contributed by atoms with E-state index in [1.54, 1.807) is 16.7 Å². The van der Waals surface area contributed by atoms with Gasteiger partial charge in [0.2, 0.25) is 0 Å². The Hall–Kier alpha value is -2.61. The minimum Gasteiger partial charge on any atom is -0.311 e. The number of rotatable bonds is 3. The first kappa shape index (κ1) is 13.4. The molecule has 0 aliphatic carbocycles. The molecule has 0 amide bonds. The summed E-state index contributed by atoms with van der Waals surface area (Å²) in [5.41, 5.74) is 1.16. The summed E-state index contributed by atoms with van der Waals surface area (Å²) in [4.78, 5) is 21.3. The van der Waals surface area contributed by atoms with E-state index in [1.807, 2.05) is 0 Å². The van der Waals surface area contributed by atoms with Crippen molar-refractivity contribution in [2.24, 2.45) is 0 Å². The van der Waals surface area contributed by atoms with Crippen molar-refractivity contribution in [3.8, 4) is 0 Å². The Morgan fingerprint density at radius 3 is 2.95 bits per heavy atom. The summed E-state index contributed by atoms with van der Waals surface area (Å²) < 4.78 is 14.8. The number of nitro benzene ring substituents is 1. The standard InChI is InChI=1S/C12H7ClFN5O2/c13-10-9-11(17-12(14)16-10)18(6-15-9)5-7-2-1-3-8(4-7)19(20)21/h1-4,6H,5H2. The molecule has 2 aromatic heterocycles. The Kier molecular flexibility index (Phi) is 3.22. The molecule has 106 valence electrons. The fourth-order valence-electron chi connectivity index (χ4n) is 1.97. The number of aromatic nitrogens is 4. The second kappa shape index (κ2) is 5.06. The lowest BCUT2D eigenvalue weighted by Crippen LogP contribution is -2.02. The highest BCUT2D eigenvalue weighted by atomic mass is 35.5. The molecule has 7 nitrogen and oxygen atoms in total. The van der Waals surface area contributed by atoms with Crippen LogP contribution in [0.4, 0.5) is 10.1 Å². The van der Waals surface area contributed by atoms with Crippen LogP contribution in [0, 0.1) is 16.2 Å². The van der Waals surface area contributed by atoms with Crippen LogP contribution < -0.4 is 0 Å². The first-order valence-corrected chi connectivity index (χ1v) is 6.19. The molecule has 1 aromatic carbocycles. The molecule has 3 rings (SSSR count). The number of benzene rings is 1. The molecule has 0 aliphatic heterocycles. The minimum absolute atomic E-state index is 0.0178. The second-order valence-electron chi connectivity index (χ2n) is 4.26. The van der Waals surface area contributed by atoms with Crippen LogP contribution in [0.2, 0.25) is 5.15 Å². The molecule has 2 heterocycles. The number of imidazole rings is 1. The third-order valence-corrected chi connectivity index (χ3v) is 3.13. The first-order chi connectivity index (χ1) is 10.0. The number of halogens is 2. The summed E-state index contributed by atoms with van der Waals surface area (Å²) in [6.07, 6.45) is 0.483. The minimum atomic E-state index is -0.951. The van der Waals surface area contributed by atoms with Gasteiger partial charge in [-0.3, -0.25) is 10.1 Å². The Labute approximate surface area is 122 Å². The van der Waals surface area contributed by atoms with Crippen molar-refractivity contribution in [1.29, 1.82) is 0 Å². The molecule has 0 bridgehead atoms. The molecule has 0 saturated heterocycles. The van der Waals surface area contributed by atoms with Gasteiger partial charge in [-0.15, -0.1) is 0 Å². The molecule has 0 saturated carbocycles. The van der Waals surface area contributed by atoms with Crippen LogP contribution in [0.25, 0.3) is 11.2 Å². The summed E-state index contributed by atoms with van der Waals surface area (Å²) in [7, 11) is 0. The van der Waals surface area contributed by atoms with Gasteiger partial charge in [-0.25, -0.2) is 4.98 Å². The largest absolute Gasteiger partial charge is 0.312 e. The summed E-state index contributed by atoms with van der Waals surface area (Å²) in [5.74, 6) is 0. The number of hydrogen-bond donors (Lipinski definition) is 0. The molecule has 0 atom stereocenters. The first-order valence-electron chi connectivity index (χ1n) is 5.82. The average Bonchev–Trinajstić information content (AvgIpc) is 2.82. The summed E-state index contributed by atoms with van der Waals surface area (Å²) >= 11 is 5.79. The maximum absolute atomic E-state index is 13.2. The van der Waals surface area contributed by atoms with E-state index in [1.165, 1.54) is 18.5 Å². The van der Waals surface area contributed by atoms with Crippen molar-refractivity contribution in [3.63, 3.8) is 0 Å². The van der Waals surface area contributed by atoms with Gasteiger partial charge in [0, 0.05) is 12.1 Å². The van der Waals surface area contributed by atoms with E-state index >= 15 is 0 Å². The van der Waals surface area contributed by atoms with E-state index in [4.69, 9.17) is 11.6 Å². The van der Waals surface area contributed by atoms with Gasteiger partial charge in [-0.2, -0.15) is 14.4 Å². The van der Waals surface area contributed by atoms with Crippen LogP contribution in [0.3, 0.4) is 0 Å². The van der Waals surface area contributed by atoms with Gasteiger partial charge < -0.3 is 4.57 Å². The second-order valence-corrected chi connectivity index (χ2v) is 4.61. The zero-order valence-electron chi connectivity index (χ0n) is 10.4. The van der Waals surface area contributed by atoms with E-state index in [2.05, 4.69) is 15.0 Å². The Morgan fingerprint density at radius 1 is 1.38 bits per heavy atom. The fourth-order valence-corrected chi connectivity index (χ4v) is 2.17. The molecule has 0 unspecified atom stereocenters. The summed E-state index contributed by atoms with van der Waals surface area (Å²) in [5, 5.41) is 10.7. The SMILES string of the molecule is O=[N+]([O-])c1cccc(Cn2cnc3c(Cl)nc(F)nc32)c1. The zero-order valence-corrected chi connectivity index (χ0v) is 11.2. The van der Waals surface area contributed by atoms with Gasteiger partial charge in [0.25, 0.3) is 5.69 Å². The van der Waals surface area contributed by atoms with Crippen molar-refractivity contribution in [2.75, 3.05) is 0 Å². The van der Waals surface area contributed by atoms with Crippen molar-refractivity contribution in [1.82, 2.24) is 19.5 Å². The van der Waals surface area contributed by atoms with Crippen LogP contribution in [-0.4, -0.2) is 24.4 Å². The molecule has 0 N–H and O–H groups in total. The maximum Gasteiger partial charge on any atom is 0.312 e. The lowest BCUT2D eigenvalue weighted by molar-refractivity contribution is -0.384. The quantitative estimate of drug-likeness (QED) is 0.321. The number of fused-ring (bicyclic) bond motifs is 1. The molecule has 3 aromatic rings. The van der Waals surface area contributed by atoms with Crippen molar-refractivity contribution < 1.29 is 9.31 Å². The third-order valence-electron chi connectivity index (χ3n) is 2.87. The van der Waals surface area contributed by atoms with Crippen molar-refractivity contribution in [2.45, 2.75) is 6.54 Å². The van der Waals surface area contributed by atoms with Crippen LogP contribution in [0.1, 0.15) is 5.56 Å². The lowest BCUT2D eigenvalue weighted by Gasteiger charge is -2.04. The number of hydrogen-bond acceptors (Lipinski definition) is 5. The molecule has 0 spiro atoms. The molecule has 0 fully saturated rings. The van der Waals surface area contributed by atoms with Crippen LogP contribution >= 0.6 is 11.6 Å². The molecular weight excluding hydrogens is 301 g/mol. The predicted octanol–water partition coefficient (Wildman–Crippen LogP) is 2.58. The van der Waals surface area contributed by atoms with Gasteiger partial charge in [0.05, 0.1) is 17.8 Å². The Balaban J connectivity index is 2.02. The molecular formula is C12H7ClFN5O2. The highest BCUT2D eigenvalue weighted by Gasteiger charge is 2.13. The van der Waals surface area contributed by atoms with Gasteiger partial charge in [0.15, 0.2) is 10.8 Å². The topological polar surface area (TPSA) is 86.7 Å².